The van der Waals surface area contributed by atoms with Crippen LogP contribution in [-0.2, 0) is 18.3 Å². The number of aryl methyl sites for hydroxylation is 2. The van der Waals surface area contributed by atoms with Crippen molar-refractivity contribution in [3.8, 4) is 0 Å². The Hall–Kier alpha value is -2.14. The third-order valence-electron chi connectivity index (χ3n) is 4.70. The summed E-state index contributed by atoms with van der Waals surface area (Å²) in [4.78, 5) is 14.4. The average molecular weight is 329 g/mol. The number of carbonyl (C=O) groups is 1. The molecule has 24 heavy (non-hydrogen) atoms. The van der Waals surface area contributed by atoms with Gasteiger partial charge in [-0.05, 0) is 37.8 Å². The van der Waals surface area contributed by atoms with Crippen molar-refractivity contribution in [3.63, 3.8) is 0 Å². The number of amides is 1. The highest BCUT2D eigenvalue weighted by atomic mass is 16.3. The van der Waals surface area contributed by atoms with Crippen LogP contribution in [0.3, 0.4) is 0 Å². The van der Waals surface area contributed by atoms with Crippen molar-refractivity contribution >= 4 is 5.91 Å². The van der Waals surface area contributed by atoms with Gasteiger partial charge in [0, 0.05) is 32.8 Å². The lowest BCUT2D eigenvalue weighted by Crippen LogP contribution is -2.32. The molecular formula is C19H27N3O2. The maximum atomic E-state index is 12.7. The van der Waals surface area contributed by atoms with E-state index < -0.39 is 0 Å². The van der Waals surface area contributed by atoms with E-state index in [1.54, 1.807) is 4.90 Å². The predicted octanol–water partition coefficient (Wildman–Crippen LogP) is 2.55. The summed E-state index contributed by atoms with van der Waals surface area (Å²) < 4.78 is 1.86. The molecule has 1 heterocycles. The van der Waals surface area contributed by atoms with Gasteiger partial charge >= 0.3 is 0 Å². The molecule has 0 radical (unpaired) electrons. The normalized spacial score (nSPS) is 12.2. The number of benzene rings is 1. The Kier molecular flexibility index (Phi) is 6.15. The van der Waals surface area contributed by atoms with E-state index in [-0.39, 0.29) is 18.6 Å². The molecule has 0 saturated carbocycles. The van der Waals surface area contributed by atoms with E-state index >= 15 is 0 Å². The summed E-state index contributed by atoms with van der Waals surface area (Å²) in [6.45, 7) is 4.06. The smallest absolute Gasteiger partial charge is 0.223 e. The Labute approximate surface area is 143 Å². The standard InChI is InChI=1S/C19H27N3O2/c1-14-17(15(2)22(4)20-14)10-11-19(24)21(3)18(12-13-23)16-8-6-5-7-9-16/h5-9,18,23H,10-13H2,1-4H3. The molecule has 1 aromatic carbocycles. The summed E-state index contributed by atoms with van der Waals surface area (Å²) in [6.07, 6.45) is 1.67. The van der Waals surface area contributed by atoms with Crippen molar-refractivity contribution in [3.05, 3.63) is 52.8 Å². The van der Waals surface area contributed by atoms with E-state index in [0.29, 0.717) is 19.3 Å². The van der Waals surface area contributed by atoms with Gasteiger partial charge in [0.1, 0.15) is 0 Å². The van der Waals surface area contributed by atoms with Crippen molar-refractivity contribution < 1.29 is 9.90 Å². The zero-order valence-electron chi connectivity index (χ0n) is 15.0. The lowest BCUT2D eigenvalue weighted by Gasteiger charge is -2.28. The number of aromatic nitrogens is 2. The zero-order chi connectivity index (χ0) is 17.7. The van der Waals surface area contributed by atoms with Gasteiger partial charge in [-0.1, -0.05) is 30.3 Å². The first-order valence-corrected chi connectivity index (χ1v) is 8.36. The molecule has 1 aromatic heterocycles. The van der Waals surface area contributed by atoms with Crippen LogP contribution in [0.5, 0.6) is 0 Å². The number of aliphatic hydroxyl groups is 1. The lowest BCUT2D eigenvalue weighted by atomic mass is 10.0. The van der Waals surface area contributed by atoms with E-state index in [0.717, 1.165) is 22.5 Å². The monoisotopic (exact) mass is 329 g/mol. The number of nitrogens with zero attached hydrogens (tertiary/aromatic N) is 3. The van der Waals surface area contributed by atoms with Crippen molar-refractivity contribution in [1.29, 1.82) is 0 Å². The third-order valence-corrected chi connectivity index (χ3v) is 4.70. The SMILES string of the molecule is Cc1nn(C)c(C)c1CCC(=O)N(C)C(CCO)c1ccccc1. The molecule has 0 fully saturated rings. The fourth-order valence-electron chi connectivity index (χ4n) is 3.14. The Bertz CT molecular complexity index is 679. The lowest BCUT2D eigenvalue weighted by molar-refractivity contribution is -0.132. The summed E-state index contributed by atoms with van der Waals surface area (Å²) in [6, 6.07) is 9.77. The van der Waals surface area contributed by atoms with E-state index in [1.807, 2.05) is 63.0 Å². The first-order chi connectivity index (χ1) is 11.5. The molecule has 1 atom stereocenters. The van der Waals surface area contributed by atoms with E-state index in [4.69, 9.17) is 0 Å². The van der Waals surface area contributed by atoms with Gasteiger partial charge in [0.15, 0.2) is 0 Å². The van der Waals surface area contributed by atoms with Gasteiger partial charge < -0.3 is 10.0 Å². The van der Waals surface area contributed by atoms with Crippen LogP contribution in [0.2, 0.25) is 0 Å². The highest BCUT2D eigenvalue weighted by molar-refractivity contribution is 5.76. The Morgan fingerprint density at radius 2 is 1.96 bits per heavy atom. The first-order valence-electron chi connectivity index (χ1n) is 8.36. The number of hydrogen-bond donors (Lipinski definition) is 1. The summed E-state index contributed by atoms with van der Waals surface area (Å²) in [5, 5.41) is 13.8. The Morgan fingerprint density at radius 3 is 2.50 bits per heavy atom. The molecule has 5 nitrogen and oxygen atoms in total. The Balaban J connectivity index is 2.07. The van der Waals surface area contributed by atoms with Crippen molar-refractivity contribution in [2.45, 2.75) is 39.2 Å². The first kappa shape index (κ1) is 18.2. The maximum absolute atomic E-state index is 12.7. The Morgan fingerprint density at radius 1 is 1.29 bits per heavy atom. The number of aliphatic hydroxyl groups excluding tert-OH is 1. The number of rotatable bonds is 7. The second-order valence-electron chi connectivity index (χ2n) is 6.22. The summed E-state index contributed by atoms with van der Waals surface area (Å²) in [7, 11) is 3.74. The molecule has 2 aromatic rings. The van der Waals surface area contributed by atoms with E-state index in [9.17, 15) is 9.90 Å². The minimum absolute atomic E-state index is 0.0536. The third kappa shape index (κ3) is 4.03. The van der Waals surface area contributed by atoms with Crippen LogP contribution >= 0.6 is 0 Å². The molecule has 1 amide bonds. The summed E-state index contributed by atoms with van der Waals surface area (Å²) >= 11 is 0. The van der Waals surface area contributed by atoms with E-state index in [1.165, 1.54) is 0 Å². The van der Waals surface area contributed by atoms with Crippen LogP contribution in [0.1, 0.15) is 41.4 Å². The highest BCUT2D eigenvalue weighted by Gasteiger charge is 2.21. The fraction of sp³-hybridized carbons (Fsp3) is 0.474. The molecule has 1 N–H and O–H groups in total. The molecule has 0 saturated heterocycles. The molecule has 0 aliphatic rings. The predicted molar refractivity (Wildman–Crippen MR) is 94.7 cm³/mol. The highest BCUT2D eigenvalue weighted by Crippen LogP contribution is 2.24. The summed E-state index contributed by atoms with van der Waals surface area (Å²) in [5.41, 5.74) is 4.30. The van der Waals surface area contributed by atoms with Crippen molar-refractivity contribution in [1.82, 2.24) is 14.7 Å². The molecule has 130 valence electrons. The largest absolute Gasteiger partial charge is 0.396 e. The second kappa shape index (κ2) is 8.11. The molecule has 0 bridgehead atoms. The minimum atomic E-state index is -0.0974. The van der Waals surface area contributed by atoms with E-state index in [2.05, 4.69) is 5.10 Å². The van der Waals surface area contributed by atoms with Crippen LogP contribution in [-0.4, -0.2) is 39.3 Å². The van der Waals surface area contributed by atoms with Crippen LogP contribution in [0.4, 0.5) is 0 Å². The van der Waals surface area contributed by atoms with Gasteiger partial charge in [-0.25, -0.2) is 0 Å². The fourth-order valence-corrected chi connectivity index (χ4v) is 3.14. The van der Waals surface area contributed by atoms with Crippen molar-refractivity contribution in [2.75, 3.05) is 13.7 Å². The van der Waals surface area contributed by atoms with Gasteiger partial charge in [0.05, 0.1) is 11.7 Å². The number of hydrogen-bond acceptors (Lipinski definition) is 3. The number of carbonyl (C=O) groups excluding carboxylic acids is 1. The molecule has 0 aliphatic heterocycles. The maximum Gasteiger partial charge on any atom is 0.223 e. The van der Waals surface area contributed by atoms with Gasteiger partial charge in [0.25, 0.3) is 0 Å². The summed E-state index contributed by atoms with van der Waals surface area (Å²) in [5.74, 6) is 0.0833. The van der Waals surface area contributed by atoms with Gasteiger partial charge in [-0.15, -0.1) is 0 Å². The average Bonchev–Trinajstić information content (AvgIpc) is 2.83. The second-order valence-corrected chi connectivity index (χ2v) is 6.22. The van der Waals surface area contributed by atoms with Crippen LogP contribution in [0.25, 0.3) is 0 Å². The minimum Gasteiger partial charge on any atom is -0.396 e. The van der Waals surface area contributed by atoms with Crippen LogP contribution < -0.4 is 0 Å². The van der Waals surface area contributed by atoms with Gasteiger partial charge in [-0.2, -0.15) is 5.10 Å². The molecule has 1 unspecified atom stereocenters. The zero-order valence-corrected chi connectivity index (χ0v) is 15.0. The molecule has 5 heteroatoms. The topological polar surface area (TPSA) is 58.4 Å². The molecule has 0 aliphatic carbocycles. The molecule has 0 spiro atoms. The molecule has 2 rings (SSSR count). The van der Waals surface area contributed by atoms with Crippen molar-refractivity contribution in [2.24, 2.45) is 7.05 Å². The van der Waals surface area contributed by atoms with Crippen LogP contribution in [0.15, 0.2) is 30.3 Å². The van der Waals surface area contributed by atoms with Gasteiger partial charge in [0.2, 0.25) is 5.91 Å². The van der Waals surface area contributed by atoms with Gasteiger partial charge in [-0.3, -0.25) is 9.48 Å². The molecular weight excluding hydrogens is 302 g/mol. The quantitative estimate of drug-likeness (QED) is 0.849. The van der Waals surface area contributed by atoms with Crippen LogP contribution in [0, 0.1) is 13.8 Å².